The molecule has 18 heavy (non-hydrogen) atoms. The molecule has 0 aromatic heterocycles. The van der Waals surface area contributed by atoms with E-state index in [4.69, 9.17) is 9.47 Å². The monoisotopic (exact) mass is 250 g/mol. The van der Waals surface area contributed by atoms with Gasteiger partial charge in [-0.1, -0.05) is 18.2 Å². The Morgan fingerprint density at radius 1 is 1.28 bits per heavy atom. The van der Waals surface area contributed by atoms with Crippen LogP contribution < -0.4 is 4.74 Å². The molecule has 0 spiro atoms. The van der Waals surface area contributed by atoms with Gasteiger partial charge in [0.1, 0.15) is 5.75 Å². The van der Waals surface area contributed by atoms with Gasteiger partial charge in [-0.25, -0.2) is 0 Å². The molecule has 1 atom stereocenters. The minimum absolute atomic E-state index is 0.0819. The van der Waals surface area contributed by atoms with Crippen molar-refractivity contribution in [2.45, 2.75) is 43.8 Å². The van der Waals surface area contributed by atoms with Crippen molar-refractivity contribution in [2.75, 3.05) is 14.2 Å². The van der Waals surface area contributed by atoms with Crippen molar-refractivity contribution < 1.29 is 14.6 Å². The maximum Gasteiger partial charge on any atom is 0.122 e. The van der Waals surface area contributed by atoms with Crippen LogP contribution in [0.1, 0.15) is 31.2 Å². The van der Waals surface area contributed by atoms with Crippen LogP contribution in [0, 0.1) is 0 Å². The summed E-state index contributed by atoms with van der Waals surface area (Å²) in [5.74, 6) is 0.844. The second kappa shape index (κ2) is 5.72. The maximum atomic E-state index is 10.2. The predicted octanol–water partition coefficient (Wildman–Crippen LogP) is 2.56. The SMILES string of the molecule is COc1ccccc1CC(O)CC1(OC)CCC1. The number of rotatable bonds is 6. The van der Waals surface area contributed by atoms with Crippen molar-refractivity contribution in [2.24, 2.45) is 0 Å². The van der Waals surface area contributed by atoms with Gasteiger partial charge >= 0.3 is 0 Å². The van der Waals surface area contributed by atoms with Gasteiger partial charge in [-0.05, 0) is 30.9 Å². The van der Waals surface area contributed by atoms with Crippen molar-refractivity contribution in [3.05, 3.63) is 29.8 Å². The molecule has 0 amide bonds. The number of methoxy groups -OCH3 is 2. The molecule has 0 radical (unpaired) electrons. The fraction of sp³-hybridized carbons (Fsp3) is 0.600. The minimum atomic E-state index is -0.374. The number of ether oxygens (including phenoxy) is 2. The molecule has 100 valence electrons. The van der Waals surface area contributed by atoms with Crippen LogP contribution in [-0.2, 0) is 11.2 Å². The van der Waals surface area contributed by atoms with Gasteiger partial charge in [0.15, 0.2) is 0 Å². The number of para-hydroxylation sites is 1. The average molecular weight is 250 g/mol. The zero-order valence-corrected chi connectivity index (χ0v) is 11.2. The molecular formula is C15H22O3. The molecule has 2 rings (SSSR count). The molecule has 1 aromatic rings. The number of benzene rings is 1. The molecule has 1 N–H and O–H groups in total. The summed E-state index contributed by atoms with van der Waals surface area (Å²) in [4.78, 5) is 0. The predicted molar refractivity (Wildman–Crippen MR) is 70.9 cm³/mol. The van der Waals surface area contributed by atoms with E-state index < -0.39 is 0 Å². The summed E-state index contributed by atoms with van der Waals surface area (Å²) in [5.41, 5.74) is 0.972. The summed E-state index contributed by atoms with van der Waals surface area (Å²) in [6.45, 7) is 0. The van der Waals surface area contributed by atoms with Gasteiger partial charge in [-0.3, -0.25) is 0 Å². The van der Waals surface area contributed by atoms with Crippen LogP contribution in [0.15, 0.2) is 24.3 Å². The number of hydrogen-bond acceptors (Lipinski definition) is 3. The zero-order chi connectivity index (χ0) is 13.0. The Balaban J connectivity index is 1.96. The van der Waals surface area contributed by atoms with Crippen LogP contribution in [0.2, 0.25) is 0 Å². The molecule has 0 bridgehead atoms. The highest BCUT2D eigenvalue weighted by molar-refractivity contribution is 5.33. The van der Waals surface area contributed by atoms with E-state index in [2.05, 4.69) is 0 Å². The van der Waals surface area contributed by atoms with Gasteiger partial charge in [0.25, 0.3) is 0 Å². The van der Waals surface area contributed by atoms with E-state index in [0.29, 0.717) is 12.8 Å². The van der Waals surface area contributed by atoms with Gasteiger partial charge in [-0.2, -0.15) is 0 Å². The Morgan fingerprint density at radius 3 is 2.56 bits per heavy atom. The normalized spacial score (nSPS) is 19.1. The number of hydrogen-bond donors (Lipinski definition) is 1. The summed E-state index contributed by atoms with van der Waals surface area (Å²) >= 11 is 0. The zero-order valence-electron chi connectivity index (χ0n) is 11.2. The van der Waals surface area contributed by atoms with Crippen molar-refractivity contribution in [1.29, 1.82) is 0 Å². The lowest BCUT2D eigenvalue weighted by molar-refractivity contribution is -0.0989. The van der Waals surface area contributed by atoms with E-state index in [0.717, 1.165) is 24.2 Å². The molecule has 1 aliphatic carbocycles. The van der Waals surface area contributed by atoms with Crippen molar-refractivity contribution in [3.8, 4) is 5.75 Å². The standard InChI is InChI=1S/C15H22O3/c1-17-14-7-4-3-6-12(14)10-13(16)11-15(18-2)8-5-9-15/h3-4,6-7,13,16H,5,8-11H2,1-2H3. The van der Waals surface area contributed by atoms with Crippen LogP contribution >= 0.6 is 0 Å². The molecule has 0 saturated heterocycles. The summed E-state index contributed by atoms with van der Waals surface area (Å²) < 4.78 is 10.8. The smallest absolute Gasteiger partial charge is 0.122 e. The fourth-order valence-corrected chi connectivity index (χ4v) is 2.69. The van der Waals surface area contributed by atoms with Gasteiger partial charge in [0.05, 0.1) is 18.8 Å². The fourth-order valence-electron chi connectivity index (χ4n) is 2.69. The third-order valence-corrected chi connectivity index (χ3v) is 3.95. The molecule has 3 nitrogen and oxygen atoms in total. The quantitative estimate of drug-likeness (QED) is 0.843. The third-order valence-electron chi connectivity index (χ3n) is 3.95. The molecule has 1 saturated carbocycles. The third kappa shape index (κ3) is 2.85. The lowest BCUT2D eigenvalue weighted by Gasteiger charge is -2.41. The van der Waals surface area contributed by atoms with Crippen LogP contribution in [0.5, 0.6) is 5.75 Å². The Morgan fingerprint density at radius 2 is 2.00 bits per heavy atom. The molecule has 1 aromatic carbocycles. The van der Waals surface area contributed by atoms with E-state index in [-0.39, 0.29) is 11.7 Å². The van der Waals surface area contributed by atoms with Crippen molar-refractivity contribution in [1.82, 2.24) is 0 Å². The first-order valence-electron chi connectivity index (χ1n) is 6.54. The van der Waals surface area contributed by atoms with Crippen LogP contribution in [0.25, 0.3) is 0 Å². The highest BCUT2D eigenvalue weighted by Crippen LogP contribution is 2.39. The molecule has 1 unspecified atom stereocenters. The van der Waals surface area contributed by atoms with E-state index in [1.807, 2.05) is 24.3 Å². The Bertz CT molecular complexity index is 380. The topological polar surface area (TPSA) is 38.7 Å². The molecule has 3 heteroatoms. The van der Waals surface area contributed by atoms with Crippen LogP contribution in [0.3, 0.4) is 0 Å². The second-order valence-corrected chi connectivity index (χ2v) is 5.11. The largest absolute Gasteiger partial charge is 0.496 e. The summed E-state index contributed by atoms with van der Waals surface area (Å²) in [5, 5.41) is 10.2. The minimum Gasteiger partial charge on any atom is -0.496 e. The van der Waals surface area contributed by atoms with Gasteiger partial charge in [-0.15, -0.1) is 0 Å². The lowest BCUT2D eigenvalue weighted by atomic mass is 9.75. The molecule has 1 aliphatic rings. The Kier molecular flexibility index (Phi) is 4.25. The summed E-state index contributed by atoms with van der Waals surface area (Å²) in [7, 11) is 3.41. The van der Waals surface area contributed by atoms with Crippen LogP contribution in [-0.4, -0.2) is 31.0 Å². The van der Waals surface area contributed by atoms with Gasteiger partial charge in [0.2, 0.25) is 0 Å². The highest BCUT2D eigenvalue weighted by atomic mass is 16.5. The molecular weight excluding hydrogens is 228 g/mol. The van der Waals surface area contributed by atoms with Gasteiger partial charge < -0.3 is 14.6 Å². The van der Waals surface area contributed by atoms with E-state index in [9.17, 15) is 5.11 Å². The van der Waals surface area contributed by atoms with Crippen LogP contribution in [0.4, 0.5) is 0 Å². The number of aliphatic hydroxyl groups is 1. The number of aliphatic hydroxyl groups excluding tert-OH is 1. The molecule has 1 fully saturated rings. The first-order chi connectivity index (χ1) is 8.69. The first-order valence-corrected chi connectivity index (χ1v) is 6.54. The van der Waals surface area contributed by atoms with Gasteiger partial charge in [0, 0.05) is 20.0 Å². The average Bonchev–Trinajstić information content (AvgIpc) is 2.34. The lowest BCUT2D eigenvalue weighted by Crippen LogP contribution is -2.42. The van der Waals surface area contributed by atoms with Crippen molar-refractivity contribution >= 4 is 0 Å². The van der Waals surface area contributed by atoms with E-state index >= 15 is 0 Å². The first kappa shape index (κ1) is 13.4. The summed E-state index contributed by atoms with van der Waals surface area (Å²) in [6, 6.07) is 7.84. The highest BCUT2D eigenvalue weighted by Gasteiger charge is 2.38. The second-order valence-electron chi connectivity index (χ2n) is 5.11. The molecule has 0 heterocycles. The van der Waals surface area contributed by atoms with E-state index in [1.165, 1.54) is 6.42 Å². The Labute approximate surface area is 109 Å². The maximum absolute atomic E-state index is 10.2. The van der Waals surface area contributed by atoms with Crippen molar-refractivity contribution in [3.63, 3.8) is 0 Å². The van der Waals surface area contributed by atoms with E-state index in [1.54, 1.807) is 14.2 Å². The summed E-state index contributed by atoms with van der Waals surface area (Å²) in [6.07, 6.45) is 4.28. The molecule has 0 aliphatic heterocycles. The Hall–Kier alpha value is -1.06.